The van der Waals surface area contributed by atoms with Crippen LogP contribution in [0.5, 0.6) is 0 Å². The van der Waals surface area contributed by atoms with Gasteiger partial charge in [0, 0.05) is 5.92 Å². The second-order valence-corrected chi connectivity index (χ2v) is 7.04. The monoisotopic (exact) mass is 305 g/mol. The largest absolute Gasteiger partial charge is 0.381 e. The summed E-state index contributed by atoms with van der Waals surface area (Å²) in [6.07, 6.45) is 1.53. The van der Waals surface area contributed by atoms with Gasteiger partial charge in [0.05, 0.1) is 21.7 Å². The number of aromatic nitrogens is 2. The summed E-state index contributed by atoms with van der Waals surface area (Å²) in [5.74, 6) is 0.719. The molecule has 0 bridgehead atoms. The highest BCUT2D eigenvalue weighted by Crippen LogP contribution is 2.29. The Morgan fingerprint density at radius 2 is 2.19 bits per heavy atom. The Hall–Kier alpha value is -0.690. The van der Waals surface area contributed by atoms with E-state index >= 15 is 0 Å². The van der Waals surface area contributed by atoms with Crippen molar-refractivity contribution in [3.05, 3.63) is 16.2 Å². The molecular weight excluding hydrogens is 294 g/mol. The molecule has 1 saturated heterocycles. The molecule has 1 aromatic rings. The van der Waals surface area contributed by atoms with Gasteiger partial charge >= 0.3 is 0 Å². The Morgan fingerprint density at radius 1 is 1.44 bits per heavy atom. The summed E-state index contributed by atoms with van der Waals surface area (Å²) in [7, 11) is -2.92. The molecule has 88 valence electrons. The van der Waals surface area contributed by atoms with Crippen LogP contribution in [0, 0.1) is 0 Å². The highest BCUT2D eigenvalue weighted by molar-refractivity contribution is 9.10. The summed E-state index contributed by atoms with van der Waals surface area (Å²) in [5, 5.41) is 7.75. The van der Waals surface area contributed by atoms with Crippen molar-refractivity contribution in [2.75, 3.05) is 17.2 Å². The molecule has 1 fully saturated rings. The van der Waals surface area contributed by atoms with Gasteiger partial charge in [-0.25, -0.2) is 8.42 Å². The molecule has 1 aromatic heterocycles. The van der Waals surface area contributed by atoms with E-state index in [4.69, 9.17) is 5.73 Å². The van der Waals surface area contributed by atoms with Crippen LogP contribution in [0.25, 0.3) is 0 Å². The SMILES string of the molecule is Nc1nnc(C2CCCS(=O)(=O)C2)cc1Br. The standard InChI is InChI=1S/C9H12BrN3O2S/c10-7-4-8(12-13-9(7)11)6-2-1-3-16(14,15)5-6/h4,6H,1-3,5H2,(H2,11,13). The van der Waals surface area contributed by atoms with Gasteiger partial charge in [-0.3, -0.25) is 0 Å². The maximum atomic E-state index is 11.5. The van der Waals surface area contributed by atoms with Crippen LogP contribution in [0.2, 0.25) is 0 Å². The van der Waals surface area contributed by atoms with Gasteiger partial charge in [-0.2, -0.15) is 5.10 Å². The first kappa shape index (κ1) is 11.8. The molecule has 1 aliphatic rings. The summed E-state index contributed by atoms with van der Waals surface area (Å²) in [5.41, 5.74) is 6.23. The Labute approximate surface area is 102 Å². The zero-order valence-corrected chi connectivity index (χ0v) is 11.0. The summed E-state index contributed by atoms with van der Waals surface area (Å²) in [6.45, 7) is 0. The summed E-state index contributed by atoms with van der Waals surface area (Å²) < 4.78 is 23.7. The van der Waals surface area contributed by atoms with E-state index in [-0.39, 0.29) is 17.4 Å². The molecule has 5 nitrogen and oxygen atoms in total. The average molecular weight is 306 g/mol. The number of sulfone groups is 1. The number of anilines is 1. The average Bonchev–Trinajstić information content (AvgIpc) is 2.20. The van der Waals surface area contributed by atoms with Crippen LogP contribution in [-0.2, 0) is 9.84 Å². The highest BCUT2D eigenvalue weighted by Gasteiger charge is 2.27. The molecule has 16 heavy (non-hydrogen) atoms. The number of rotatable bonds is 1. The molecular formula is C9H12BrN3O2S. The molecule has 2 heterocycles. The van der Waals surface area contributed by atoms with Gasteiger partial charge in [-0.15, -0.1) is 5.10 Å². The fourth-order valence-corrected chi connectivity index (χ4v) is 3.89. The minimum Gasteiger partial charge on any atom is -0.381 e. The fraction of sp³-hybridized carbons (Fsp3) is 0.556. The first-order chi connectivity index (χ1) is 7.48. The normalized spacial score (nSPS) is 24.2. The number of hydrogen-bond acceptors (Lipinski definition) is 5. The van der Waals surface area contributed by atoms with Crippen molar-refractivity contribution < 1.29 is 8.42 Å². The molecule has 2 rings (SSSR count). The van der Waals surface area contributed by atoms with Gasteiger partial charge in [0.1, 0.15) is 0 Å². The minimum atomic E-state index is -2.92. The van der Waals surface area contributed by atoms with E-state index in [0.717, 1.165) is 6.42 Å². The Kier molecular flexibility index (Phi) is 3.16. The van der Waals surface area contributed by atoms with Crippen LogP contribution in [0.4, 0.5) is 5.82 Å². The van der Waals surface area contributed by atoms with E-state index in [0.29, 0.717) is 22.4 Å². The molecule has 1 unspecified atom stereocenters. The minimum absolute atomic E-state index is 0.0526. The lowest BCUT2D eigenvalue weighted by Gasteiger charge is -2.21. The molecule has 0 spiro atoms. The third-order valence-electron chi connectivity index (χ3n) is 2.67. The van der Waals surface area contributed by atoms with Gasteiger partial charge in [0.2, 0.25) is 0 Å². The van der Waals surface area contributed by atoms with Crippen molar-refractivity contribution >= 4 is 31.6 Å². The van der Waals surface area contributed by atoms with E-state index in [1.807, 2.05) is 0 Å². The van der Waals surface area contributed by atoms with Crippen LogP contribution < -0.4 is 5.73 Å². The zero-order valence-electron chi connectivity index (χ0n) is 8.56. The van der Waals surface area contributed by atoms with Gasteiger partial charge in [0.25, 0.3) is 0 Å². The highest BCUT2D eigenvalue weighted by atomic mass is 79.9. The molecule has 0 radical (unpaired) electrons. The van der Waals surface area contributed by atoms with Crippen LogP contribution in [0.1, 0.15) is 24.5 Å². The smallest absolute Gasteiger partial charge is 0.160 e. The van der Waals surface area contributed by atoms with Gasteiger partial charge in [-0.1, -0.05) is 0 Å². The summed E-state index contributed by atoms with van der Waals surface area (Å²) in [4.78, 5) is 0. The molecule has 0 aliphatic carbocycles. The van der Waals surface area contributed by atoms with E-state index in [2.05, 4.69) is 26.1 Å². The maximum Gasteiger partial charge on any atom is 0.160 e. The predicted molar refractivity (Wildman–Crippen MR) is 64.8 cm³/mol. The Balaban J connectivity index is 2.27. The molecule has 0 amide bonds. The second kappa shape index (κ2) is 4.29. The van der Waals surface area contributed by atoms with Crippen molar-refractivity contribution in [1.29, 1.82) is 0 Å². The number of nitrogens with two attached hydrogens (primary N) is 1. The lowest BCUT2D eigenvalue weighted by molar-refractivity contribution is 0.547. The number of nitrogen functional groups attached to an aromatic ring is 1. The van der Waals surface area contributed by atoms with Crippen molar-refractivity contribution in [2.24, 2.45) is 0 Å². The first-order valence-electron chi connectivity index (χ1n) is 4.97. The molecule has 2 N–H and O–H groups in total. The zero-order chi connectivity index (χ0) is 11.8. The van der Waals surface area contributed by atoms with Crippen molar-refractivity contribution in [2.45, 2.75) is 18.8 Å². The molecule has 1 atom stereocenters. The molecule has 0 aromatic carbocycles. The third kappa shape index (κ3) is 2.52. The van der Waals surface area contributed by atoms with Crippen LogP contribution >= 0.6 is 15.9 Å². The number of nitrogens with zero attached hydrogens (tertiary/aromatic N) is 2. The predicted octanol–water partition coefficient (Wildman–Crippen LogP) is 1.11. The topological polar surface area (TPSA) is 85.9 Å². The summed E-state index contributed by atoms with van der Waals surface area (Å²) >= 11 is 3.26. The molecule has 7 heteroatoms. The van der Waals surface area contributed by atoms with Gasteiger partial charge < -0.3 is 5.73 Å². The Bertz CT molecular complexity index is 503. The van der Waals surface area contributed by atoms with E-state index in [1.165, 1.54) is 0 Å². The molecule has 0 saturated carbocycles. The van der Waals surface area contributed by atoms with Crippen LogP contribution in [-0.4, -0.2) is 30.1 Å². The number of halogens is 1. The molecule has 1 aliphatic heterocycles. The Morgan fingerprint density at radius 3 is 2.81 bits per heavy atom. The van der Waals surface area contributed by atoms with Crippen molar-refractivity contribution in [3.63, 3.8) is 0 Å². The van der Waals surface area contributed by atoms with E-state index in [9.17, 15) is 8.42 Å². The van der Waals surface area contributed by atoms with Crippen LogP contribution in [0.3, 0.4) is 0 Å². The van der Waals surface area contributed by atoms with Crippen molar-refractivity contribution in [1.82, 2.24) is 10.2 Å². The first-order valence-corrected chi connectivity index (χ1v) is 7.58. The van der Waals surface area contributed by atoms with Gasteiger partial charge in [0.15, 0.2) is 15.7 Å². The van der Waals surface area contributed by atoms with Gasteiger partial charge in [-0.05, 0) is 34.8 Å². The fourth-order valence-electron chi connectivity index (χ4n) is 1.85. The lowest BCUT2D eigenvalue weighted by atomic mass is 10.0. The second-order valence-electron chi connectivity index (χ2n) is 3.96. The third-order valence-corrected chi connectivity index (χ3v) is 5.13. The quantitative estimate of drug-likeness (QED) is 0.840. The van der Waals surface area contributed by atoms with E-state index in [1.54, 1.807) is 6.07 Å². The maximum absolute atomic E-state index is 11.5. The van der Waals surface area contributed by atoms with E-state index < -0.39 is 9.84 Å². The lowest BCUT2D eigenvalue weighted by Crippen LogP contribution is -2.24. The van der Waals surface area contributed by atoms with Crippen molar-refractivity contribution in [3.8, 4) is 0 Å². The van der Waals surface area contributed by atoms with Crippen LogP contribution in [0.15, 0.2) is 10.5 Å². The number of hydrogen-bond donors (Lipinski definition) is 1. The summed E-state index contributed by atoms with van der Waals surface area (Å²) in [6, 6.07) is 1.76.